The van der Waals surface area contributed by atoms with Crippen LogP contribution in [0.3, 0.4) is 0 Å². The van der Waals surface area contributed by atoms with Crippen LogP contribution in [0.5, 0.6) is 0 Å². The van der Waals surface area contributed by atoms with E-state index in [9.17, 15) is 0 Å². The molecule has 198 valence electrons. The van der Waals surface area contributed by atoms with E-state index in [1.165, 1.54) is 0 Å². The highest BCUT2D eigenvalue weighted by Gasteiger charge is 2.40. The molecule has 2 atom stereocenters. The number of rotatable bonds is 4. The maximum atomic E-state index is 8.65. The van der Waals surface area contributed by atoms with Crippen molar-refractivity contribution < 1.29 is 11.3 Å². The highest BCUT2D eigenvalue weighted by atomic mass is 16.3. The van der Waals surface area contributed by atoms with E-state index < -0.39 is 25.7 Å². The van der Waals surface area contributed by atoms with Gasteiger partial charge in [0.15, 0.2) is 17.2 Å². The summed E-state index contributed by atoms with van der Waals surface area (Å²) in [7, 11) is 0. The first kappa shape index (κ1) is 18.8. The van der Waals surface area contributed by atoms with Crippen molar-refractivity contribution in [2.75, 3.05) is 32.6 Å². The van der Waals surface area contributed by atoms with Crippen molar-refractivity contribution in [3.8, 4) is 0 Å². The zero-order valence-corrected chi connectivity index (χ0v) is 22.5. The van der Waals surface area contributed by atoms with E-state index in [0.29, 0.717) is 40.1 Å². The monoisotopic (exact) mass is 525 g/mol. The molecule has 0 aliphatic carbocycles. The van der Waals surface area contributed by atoms with E-state index in [4.69, 9.17) is 21.2 Å². The lowest BCUT2D eigenvalue weighted by atomic mass is 10.0. The molecule has 4 aromatic heterocycles. The maximum absolute atomic E-state index is 8.65. The number of aromatic nitrogens is 4. The number of pyridine rings is 2. The standard InChI is InChI=1S/C30H32N8O/c1-7-35-19(5)37(28-23(35)11-9-13-31-28)25-15-21-22-16-33-18(4)34-30(22)39-27(21)26(17(25)3)38-20(6)36(8-2)24-12-10-14-32-29(24)38/h9-16,19-20H,7-8H2,1-6H3/t19-,20+/m1/s1/i2D3,7D2. The van der Waals surface area contributed by atoms with Crippen LogP contribution in [0.1, 0.15) is 45.9 Å². The summed E-state index contributed by atoms with van der Waals surface area (Å²) in [6, 6.07) is 9.42. The molecule has 0 amide bonds. The third kappa shape index (κ3) is 3.19. The second-order valence-electron chi connectivity index (χ2n) is 9.90. The molecule has 0 fully saturated rings. The van der Waals surface area contributed by atoms with Gasteiger partial charge < -0.3 is 24.0 Å². The van der Waals surface area contributed by atoms with Gasteiger partial charge in [-0.25, -0.2) is 15.0 Å². The van der Waals surface area contributed by atoms with Crippen molar-refractivity contribution in [1.29, 1.82) is 0 Å². The predicted octanol–water partition coefficient (Wildman–Crippen LogP) is 6.43. The molecule has 5 aromatic rings. The first-order valence-corrected chi connectivity index (χ1v) is 13.0. The molecule has 6 heterocycles. The predicted molar refractivity (Wildman–Crippen MR) is 156 cm³/mol. The smallest absolute Gasteiger partial charge is 0.230 e. The van der Waals surface area contributed by atoms with E-state index in [-0.39, 0.29) is 6.54 Å². The topological polar surface area (TPSA) is 77.7 Å². The molecule has 1 aromatic carbocycles. The van der Waals surface area contributed by atoms with Gasteiger partial charge in [0.05, 0.1) is 28.1 Å². The van der Waals surface area contributed by atoms with E-state index in [0.717, 1.165) is 27.7 Å². The molecule has 9 nitrogen and oxygen atoms in total. The van der Waals surface area contributed by atoms with Crippen molar-refractivity contribution in [1.82, 2.24) is 19.9 Å². The summed E-state index contributed by atoms with van der Waals surface area (Å²) in [6.07, 6.45) is 4.32. The molecule has 0 N–H and O–H groups in total. The van der Waals surface area contributed by atoms with E-state index >= 15 is 0 Å². The summed E-state index contributed by atoms with van der Waals surface area (Å²) in [5.74, 6) is 1.83. The van der Waals surface area contributed by atoms with Crippen LogP contribution in [-0.4, -0.2) is 45.3 Å². The molecular weight excluding hydrogens is 488 g/mol. The number of hydrogen-bond acceptors (Lipinski definition) is 9. The summed E-state index contributed by atoms with van der Waals surface area (Å²) in [4.78, 5) is 26.1. The van der Waals surface area contributed by atoms with Crippen LogP contribution in [0, 0.1) is 13.8 Å². The minimum atomic E-state index is -2.20. The van der Waals surface area contributed by atoms with Gasteiger partial charge in [-0.15, -0.1) is 0 Å². The number of benzene rings is 1. The summed E-state index contributed by atoms with van der Waals surface area (Å²) in [5.41, 5.74) is 4.78. The first-order chi connectivity index (χ1) is 20.8. The third-order valence-electron chi connectivity index (χ3n) is 7.88. The molecule has 0 bridgehead atoms. The minimum absolute atomic E-state index is 0.156. The molecule has 0 spiro atoms. The van der Waals surface area contributed by atoms with Gasteiger partial charge >= 0.3 is 0 Å². The average Bonchev–Trinajstić information content (AvgIpc) is 3.54. The van der Waals surface area contributed by atoms with Gasteiger partial charge in [-0.05, 0) is 71.8 Å². The Balaban J connectivity index is 1.53. The lowest BCUT2D eigenvalue weighted by molar-refractivity contribution is 0.641. The molecular formula is C30H32N8O. The fourth-order valence-corrected chi connectivity index (χ4v) is 6.09. The fraction of sp³-hybridized carbons (Fsp3) is 0.333. The number of anilines is 6. The number of hydrogen-bond donors (Lipinski definition) is 0. The van der Waals surface area contributed by atoms with Gasteiger partial charge in [0.25, 0.3) is 0 Å². The van der Waals surface area contributed by atoms with Crippen LogP contribution in [-0.2, 0) is 0 Å². The fourth-order valence-electron chi connectivity index (χ4n) is 6.09. The van der Waals surface area contributed by atoms with Crippen molar-refractivity contribution >= 4 is 56.5 Å². The first-order valence-electron chi connectivity index (χ1n) is 15.5. The Bertz CT molecular complexity index is 1940. The van der Waals surface area contributed by atoms with Gasteiger partial charge in [0.2, 0.25) is 5.71 Å². The number of furan rings is 1. The Kier molecular flexibility index (Phi) is 4.12. The van der Waals surface area contributed by atoms with Crippen LogP contribution in [0.4, 0.5) is 34.4 Å². The quantitative estimate of drug-likeness (QED) is 0.264. The largest absolute Gasteiger partial charge is 0.435 e. The minimum Gasteiger partial charge on any atom is -0.435 e. The third-order valence-corrected chi connectivity index (χ3v) is 7.88. The average molecular weight is 526 g/mol. The zero-order chi connectivity index (χ0) is 31.3. The Hall–Kier alpha value is -4.40. The number of nitrogens with zero attached hydrogens (tertiary/aromatic N) is 8. The van der Waals surface area contributed by atoms with Crippen LogP contribution in [0.2, 0.25) is 0 Å². The Morgan fingerprint density at radius 2 is 1.62 bits per heavy atom. The van der Waals surface area contributed by atoms with Crippen molar-refractivity contribution in [3.05, 3.63) is 60.3 Å². The van der Waals surface area contributed by atoms with Crippen LogP contribution >= 0.6 is 0 Å². The Morgan fingerprint density at radius 3 is 2.33 bits per heavy atom. The van der Waals surface area contributed by atoms with Gasteiger partial charge in [-0.1, -0.05) is 0 Å². The van der Waals surface area contributed by atoms with Gasteiger partial charge in [0, 0.05) is 49.4 Å². The summed E-state index contributed by atoms with van der Waals surface area (Å²) >= 11 is 0. The van der Waals surface area contributed by atoms with Crippen LogP contribution in [0.15, 0.2) is 53.3 Å². The lowest BCUT2D eigenvalue weighted by Crippen LogP contribution is -2.40. The van der Waals surface area contributed by atoms with Crippen molar-refractivity contribution in [2.24, 2.45) is 0 Å². The highest BCUT2D eigenvalue weighted by molar-refractivity contribution is 6.12. The molecule has 0 radical (unpaired) electrons. The normalized spacial score (nSPS) is 21.1. The van der Waals surface area contributed by atoms with E-state index in [2.05, 4.69) is 9.97 Å². The lowest BCUT2D eigenvalue weighted by Gasteiger charge is -2.33. The zero-order valence-electron chi connectivity index (χ0n) is 27.5. The molecule has 0 unspecified atom stereocenters. The second kappa shape index (κ2) is 8.56. The van der Waals surface area contributed by atoms with Crippen LogP contribution < -0.4 is 19.6 Å². The van der Waals surface area contributed by atoms with Gasteiger partial charge in [0.1, 0.15) is 18.2 Å². The number of aryl methyl sites for hydroxylation is 1. The molecule has 7 rings (SSSR count). The highest BCUT2D eigenvalue weighted by Crippen LogP contribution is 2.52. The molecule has 39 heavy (non-hydrogen) atoms. The van der Waals surface area contributed by atoms with Crippen LogP contribution in [0.25, 0.3) is 22.1 Å². The summed E-state index contributed by atoms with van der Waals surface area (Å²) in [6.45, 7) is 5.25. The summed E-state index contributed by atoms with van der Waals surface area (Å²) in [5, 5.41) is 1.51. The molecule has 9 heteroatoms. The van der Waals surface area contributed by atoms with E-state index in [1.807, 2.05) is 65.8 Å². The Labute approximate surface area is 234 Å². The van der Waals surface area contributed by atoms with Crippen molar-refractivity contribution in [3.63, 3.8) is 0 Å². The molecule has 2 aliphatic heterocycles. The molecule has 2 aliphatic rings. The summed E-state index contributed by atoms with van der Waals surface area (Å²) < 4.78 is 47.9. The Morgan fingerprint density at radius 1 is 0.923 bits per heavy atom. The van der Waals surface area contributed by atoms with Gasteiger partial charge in [-0.2, -0.15) is 4.98 Å². The van der Waals surface area contributed by atoms with Gasteiger partial charge in [-0.3, -0.25) is 0 Å². The molecule has 0 saturated heterocycles. The molecule has 0 saturated carbocycles. The van der Waals surface area contributed by atoms with Crippen molar-refractivity contribution in [2.45, 2.75) is 53.8 Å². The number of fused-ring (bicyclic) bond motifs is 5. The SMILES string of the molecule is [2H]C([2H])([2H])CN1c2cccnc2N(c2c(C)c(N3c4ncccc4N(C([2H])([2H])C)[C@H]3C)cc3c2oc2nc(C)ncc23)[C@H]1C. The van der Waals surface area contributed by atoms with E-state index in [1.54, 1.807) is 37.3 Å². The maximum Gasteiger partial charge on any atom is 0.230 e. The second-order valence-corrected chi connectivity index (χ2v) is 9.90.